The van der Waals surface area contributed by atoms with Crippen LogP contribution in [0.15, 0.2) is 91.0 Å². The molecule has 0 amide bonds. The van der Waals surface area contributed by atoms with Gasteiger partial charge in [-0.3, -0.25) is 0 Å². The molecule has 111 valence electrons. The van der Waals surface area contributed by atoms with Crippen LogP contribution >= 0.6 is 0 Å². The van der Waals surface area contributed by atoms with Crippen LogP contribution in [0.5, 0.6) is 0 Å². The van der Waals surface area contributed by atoms with Gasteiger partial charge in [0.15, 0.2) is 0 Å². The van der Waals surface area contributed by atoms with Gasteiger partial charge in [0.1, 0.15) is 0 Å². The number of hydrogen-bond acceptors (Lipinski definition) is 0. The number of benzene rings is 5. The van der Waals surface area contributed by atoms with Crippen LogP contribution in [0.2, 0.25) is 0 Å². The van der Waals surface area contributed by atoms with Crippen LogP contribution in [-0.4, -0.2) is 0 Å². The van der Waals surface area contributed by atoms with Crippen molar-refractivity contribution in [3.05, 3.63) is 97.1 Å². The quantitative estimate of drug-likeness (QED) is 0.305. The van der Waals surface area contributed by atoms with Gasteiger partial charge in [-0.25, -0.2) is 0 Å². The molecule has 1 radical (unpaired) electrons. The third-order valence-electron chi connectivity index (χ3n) is 4.68. The topological polar surface area (TPSA) is 0 Å². The minimum absolute atomic E-state index is 1.14. The lowest BCUT2D eigenvalue weighted by atomic mass is 9.97. The Kier molecular flexibility index (Phi) is 2.89. The molecular formula is C24H15. The predicted octanol–water partition coefficient (Wildman–Crippen LogP) is 6.61. The van der Waals surface area contributed by atoms with E-state index >= 15 is 0 Å². The van der Waals surface area contributed by atoms with Crippen molar-refractivity contribution in [1.82, 2.24) is 0 Å². The first kappa shape index (κ1) is 13.3. The molecule has 24 heavy (non-hydrogen) atoms. The van der Waals surface area contributed by atoms with Crippen LogP contribution in [0.4, 0.5) is 0 Å². The molecule has 0 saturated heterocycles. The zero-order valence-electron chi connectivity index (χ0n) is 13.2. The van der Waals surface area contributed by atoms with E-state index in [1.807, 2.05) is 0 Å². The molecular weight excluding hydrogens is 288 g/mol. The van der Waals surface area contributed by atoms with Crippen LogP contribution in [0.3, 0.4) is 0 Å². The van der Waals surface area contributed by atoms with E-state index in [1.54, 1.807) is 0 Å². The largest absolute Gasteiger partial charge is 0.0616 e. The molecule has 5 rings (SSSR count). The van der Waals surface area contributed by atoms with Crippen molar-refractivity contribution in [2.24, 2.45) is 0 Å². The van der Waals surface area contributed by atoms with Gasteiger partial charge >= 0.3 is 0 Å². The Morgan fingerprint density at radius 1 is 0.458 bits per heavy atom. The Balaban J connectivity index is 1.71. The molecule has 5 aromatic rings. The normalized spacial score (nSPS) is 11.3. The Labute approximate surface area is 141 Å². The monoisotopic (exact) mass is 303 g/mol. The van der Waals surface area contributed by atoms with E-state index in [-0.39, 0.29) is 0 Å². The predicted molar refractivity (Wildman–Crippen MR) is 103 cm³/mol. The molecule has 0 nitrogen and oxygen atoms in total. The van der Waals surface area contributed by atoms with Crippen LogP contribution in [0, 0.1) is 6.07 Å². The molecule has 0 unspecified atom stereocenters. The fourth-order valence-electron chi connectivity index (χ4n) is 3.39. The summed E-state index contributed by atoms with van der Waals surface area (Å²) in [4.78, 5) is 0. The van der Waals surface area contributed by atoms with Gasteiger partial charge in [0.2, 0.25) is 0 Å². The van der Waals surface area contributed by atoms with Gasteiger partial charge in [0, 0.05) is 0 Å². The highest BCUT2D eigenvalue weighted by atomic mass is 14.1. The van der Waals surface area contributed by atoms with E-state index < -0.39 is 0 Å². The van der Waals surface area contributed by atoms with Crippen molar-refractivity contribution in [1.29, 1.82) is 0 Å². The molecule has 0 spiro atoms. The Bertz CT molecular complexity index is 1200. The lowest BCUT2D eigenvalue weighted by molar-refractivity contribution is 1.67. The minimum Gasteiger partial charge on any atom is -0.0616 e. The van der Waals surface area contributed by atoms with Crippen LogP contribution in [0.1, 0.15) is 0 Å². The smallest absolute Gasteiger partial charge is 0.00143 e. The Morgan fingerprint density at radius 2 is 1.08 bits per heavy atom. The molecule has 0 heterocycles. The second-order valence-corrected chi connectivity index (χ2v) is 6.22. The van der Waals surface area contributed by atoms with Gasteiger partial charge < -0.3 is 0 Å². The molecule has 0 fully saturated rings. The summed E-state index contributed by atoms with van der Waals surface area (Å²) < 4.78 is 0. The van der Waals surface area contributed by atoms with Crippen molar-refractivity contribution in [2.45, 2.75) is 0 Å². The average molecular weight is 303 g/mol. The standard InChI is InChI=1S/C24H15/c1-2-6-18-13-21(10-9-17(18)5-1)22-11-12-23-14-19-7-3-4-8-20(19)15-24(23)16-22/h1-12,14-16H. The van der Waals surface area contributed by atoms with Gasteiger partial charge in [-0.2, -0.15) is 0 Å². The molecule has 0 aliphatic heterocycles. The summed E-state index contributed by atoms with van der Waals surface area (Å²) in [6, 6.07) is 36.0. The van der Waals surface area contributed by atoms with Crippen molar-refractivity contribution in [2.75, 3.05) is 0 Å². The summed E-state index contributed by atoms with van der Waals surface area (Å²) in [6.45, 7) is 0. The number of hydrogen-bond donors (Lipinski definition) is 0. The van der Waals surface area contributed by atoms with Crippen LogP contribution in [0.25, 0.3) is 43.4 Å². The van der Waals surface area contributed by atoms with E-state index in [0.29, 0.717) is 0 Å². The lowest BCUT2D eigenvalue weighted by Gasteiger charge is -2.07. The highest BCUT2D eigenvalue weighted by molar-refractivity contribution is 6.00. The summed E-state index contributed by atoms with van der Waals surface area (Å²) in [5.41, 5.74) is 2.35. The van der Waals surface area contributed by atoms with E-state index in [2.05, 4.69) is 97.1 Å². The minimum atomic E-state index is 1.14. The lowest BCUT2D eigenvalue weighted by Crippen LogP contribution is -1.82. The van der Waals surface area contributed by atoms with E-state index in [4.69, 9.17) is 0 Å². The molecule has 0 bridgehead atoms. The zero-order chi connectivity index (χ0) is 15.9. The highest BCUT2D eigenvalue weighted by Gasteiger charge is 2.03. The maximum absolute atomic E-state index is 3.54. The third-order valence-corrected chi connectivity index (χ3v) is 4.68. The molecule has 0 atom stereocenters. The third kappa shape index (κ3) is 2.16. The second-order valence-electron chi connectivity index (χ2n) is 6.22. The van der Waals surface area contributed by atoms with Gasteiger partial charge in [0.05, 0.1) is 0 Å². The molecule has 0 aliphatic rings. The van der Waals surface area contributed by atoms with E-state index in [9.17, 15) is 0 Å². The summed E-state index contributed by atoms with van der Waals surface area (Å²) in [6.07, 6.45) is 0. The first-order valence-electron chi connectivity index (χ1n) is 8.21. The maximum Gasteiger partial charge on any atom is -0.00143 e. The fourth-order valence-corrected chi connectivity index (χ4v) is 3.39. The summed E-state index contributed by atoms with van der Waals surface area (Å²) >= 11 is 0. The Morgan fingerprint density at radius 3 is 1.92 bits per heavy atom. The van der Waals surface area contributed by atoms with Crippen LogP contribution < -0.4 is 0 Å². The Hall–Kier alpha value is -3.12. The summed E-state index contributed by atoms with van der Waals surface area (Å²) in [5, 5.41) is 7.51. The van der Waals surface area contributed by atoms with Gasteiger partial charge in [0.25, 0.3) is 0 Å². The average Bonchev–Trinajstić information content (AvgIpc) is 2.65. The number of rotatable bonds is 1. The summed E-state index contributed by atoms with van der Waals surface area (Å²) in [5.74, 6) is 0. The maximum atomic E-state index is 3.54. The van der Waals surface area contributed by atoms with Crippen LogP contribution in [-0.2, 0) is 0 Å². The molecule has 0 heteroatoms. The van der Waals surface area contributed by atoms with Gasteiger partial charge in [-0.1, -0.05) is 72.8 Å². The van der Waals surface area contributed by atoms with E-state index in [1.165, 1.54) is 32.5 Å². The highest BCUT2D eigenvalue weighted by Crippen LogP contribution is 2.29. The second kappa shape index (κ2) is 5.21. The van der Waals surface area contributed by atoms with Crippen molar-refractivity contribution < 1.29 is 0 Å². The van der Waals surface area contributed by atoms with Crippen molar-refractivity contribution in [3.63, 3.8) is 0 Å². The molecule has 0 N–H and O–H groups in total. The number of fused-ring (bicyclic) bond motifs is 3. The molecule has 5 aromatic carbocycles. The van der Waals surface area contributed by atoms with Gasteiger partial charge in [-0.15, -0.1) is 0 Å². The first-order chi connectivity index (χ1) is 11.9. The van der Waals surface area contributed by atoms with E-state index in [0.717, 1.165) is 10.9 Å². The van der Waals surface area contributed by atoms with Gasteiger partial charge in [-0.05, 0) is 67.7 Å². The summed E-state index contributed by atoms with van der Waals surface area (Å²) in [7, 11) is 0. The van der Waals surface area contributed by atoms with Crippen molar-refractivity contribution >= 4 is 32.3 Å². The molecule has 0 aliphatic carbocycles. The molecule has 0 saturated carbocycles. The SMILES string of the molecule is [c]1c(-c2ccc3cc4ccccc4cc3c2)ccc2ccccc12. The first-order valence-corrected chi connectivity index (χ1v) is 8.21. The molecule has 0 aromatic heterocycles. The van der Waals surface area contributed by atoms with Crippen molar-refractivity contribution in [3.8, 4) is 11.1 Å². The fraction of sp³-hybridized carbons (Fsp3) is 0. The zero-order valence-corrected chi connectivity index (χ0v) is 13.2.